The molecule has 0 spiro atoms. The van der Waals surface area contributed by atoms with Crippen LogP contribution in [0.3, 0.4) is 0 Å². The number of benzene rings is 1. The molecule has 1 aromatic carbocycles. The molecule has 19 heavy (non-hydrogen) atoms. The Morgan fingerprint density at radius 3 is 2.74 bits per heavy atom. The lowest BCUT2D eigenvalue weighted by atomic mass is 10.1. The number of halogens is 1. The molecule has 0 saturated carbocycles. The molecule has 108 valence electrons. The number of rotatable bonds is 4. The van der Waals surface area contributed by atoms with E-state index in [0.29, 0.717) is 11.4 Å². The van der Waals surface area contributed by atoms with Crippen molar-refractivity contribution in [1.29, 1.82) is 0 Å². The van der Waals surface area contributed by atoms with Gasteiger partial charge in [0.2, 0.25) is 10.0 Å². The normalized spacial score (nSPS) is 19.7. The van der Waals surface area contributed by atoms with Gasteiger partial charge in [-0.2, -0.15) is 0 Å². The standard InChI is InChI=1S/C12H18N2O2S2.ClH/c1-17-11-6-2-3-7-12(11)18(15,16)14-10-5-4-8-13-9-10;/h2-3,6-7,10,13-14H,4-5,8-9H2,1H3;1H. The first-order valence-corrected chi connectivity index (χ1v) is 8.70. The van der Waals surface area contributed by atoms with Gasteiger partial charge in [-0.05, 0) is 37.8 Å². The smallest absolute Gasteiger partial charge is 0.241 e. The van der Waals surface area contributed by atoms with E-state index in [0.717, 1.165) is 24.3 Å². The fourth-order valence-electron chi connectivity index (χ4n) is 2.08. The van der Waals surface area contributed by atoms with Gasteiger partial charge in [0.25, 0.3) is 0 Å². The fraction of sp³-hybridized carbons (Fsp3) is 0.500. The Hall–Kier alpha value is -0.270. The van der Waals surface area contributed by atoms with Crippen LogP contribution in [0.25, 0.3) is 0 Å². The van der Waals surface area contributed by atoms with Crippen molar-refractivity contribution in [1.82, 2.24) is 10.0 Å². The molecule has 1 heterocycles. The molecule has 1 aromatic rings. The van der Waals surface area contributed by atoms with Gasteiger partial charge < -0.3 is 5.32 Å². The highest BCUT2D eigenvalue weighted by molar-refractivity contribution is 7.99. The first-order valence-electron chi connectivity index (χ1n) is 5.99. The summed E-state index contributed by atoms with van der Waals surface area (Å²) < 4.78 is 27.4. The topological polar surface area (TPSA) is 58.2 Å². The van der Waals surface area contributed by atoms with Crippen LogP contribution in [0, 0.1) is 0 Å². The lowest BCUT2D eigenvalue weighted by Crippen LogP contribution is -2.45. The zero-order chi connectivity index (χ0) is 13.0. The van der Waals surface area contributed by atoms with Crippen LogP contribution in [0.15, 0.2) is 34.1 Å². The van der Waals surface area contributed by atoms with E-state index in [1.54, 1.807) is 12.1 Å². The van der Waals surface area contributed by atoms with Crippen molar-refractivity contribution < 1.29 is 8.42 Å². The van der Waals surface area contributed by atoms with E-state index < -0.39 is 10.0 Å². The van der Waals surface area contributed by atoms with Crippen LogP contribution in [-0.2, 0) is 10.0 Å². The molecule has 1 atom stereocenters. The zero-order valence-electron chi connectivity index (χ0n) is 10.8. The average Bonchev–Trinajstić information content (AvgIpc) is 2.39. The monoisotopic (exact) mass is 322 g/mol. The van der Waals surface area contributed by atoms with Gasteiger partial charge in [0, 0.05) is 17.5 Å². The summed E-state index contributed by atoms with van der Waals surface area (Å²) in [4.78, 5) is 1.16. The van der Waals surface area contributed by atoms with Crippen molar-refractivity contribution in [2.75, 3.05) is 19.3 Å². The molecule has 0 radical (unpaired) electrons. The molecule has 1 fully saturated rings. The largest absolute Gasteiger partial charge is 0.315 e. The molecule has 0 amide bonds. The maximum absolute atomic E-state index is 12.3. The van der Waals surface area contributed by atoms with Gasteiger partial charge in [0.15, 0.2) is 0 Å². The summed E-state index contributed by atoms with van der Waals surface area (Å²) in [5.41, 5.74) is 0. The second-order valence-electron chi connectivity index (χ2n) is 4.32. The van der Waals surface area contributed by atoms with Crippen molar-refractivity contribution in [3.63, 3.8) is 0 Å². The molecule has 1 unspecified atom stereocenters. The molecule has 1 aliphatic rings. The minimum absolute atomic E-state index is 0. The highest BCUT2D eigenvalue weighted by Gasteiger charge is 2.23. The molecule has 0 aromatic heterocycles. The predicted molar refractivity (Wildman–Crippen MR) is 81.7 cm³/mol. The van der Waals surface area contributed by atoms with Crippen LogP contribution < -0.4 is 10.0 Å². The number of sulfonamides is 1. The van der Waals surface area contributed by atoms with Crippen molar-refractivity contribution in [2.24, 2.45) is 0 Å². The van der Waals surface area contributed by atoms with Crippen molar-refractivity contribution in [3.05, 3.63) is 24.3 Å². The quantitative estimate of drug-likeness (QED) is 0.831. The molecule has 4 nitrogen and oxygen atoms in total. The molecule has 0 aliphatic carbocycles. The summed E-state index contributed by atoms with van der Waals surface area (Å²) in [6, 6.07) is 7.10. The third-order valence-electron chi connectivity index (χ3n) is 2.98. The van der Waals surface area contributed by atoms with Gasteiger partial charge in [-0.25, -0.2) is 13.1 Å². The maximum atomic E-state index is 12.3. The molecule has 0 bridgehead atoms. The van der Waals surface area contributed by atoms with Gasteiger partial charge in [-0.15, -0.1) is 24.2 Å². The summed E-state index contributed by atoms with van der Waals surface area (Å²) >= 11 is 1.45. The van der Waals surface area contributed by atoms with Gasteiger partial charge in [-0.3, -0.25) is 0 Å². The van der Waals surface area contributed by atoms with Gasteiger partial charge >= 0.3 is 0 Å². The highest BCUT2D eigenvalue weighted by Crippen LogP contribution is 2.24. The minimum Gasteiger partial charge on any atom is -0.315 e. The molecular formula is C12H19ClN2O2S2. The Bertz CT molecular complexity index is 502. The van der Waals surface area contributed by atoms with E-state index in [9.17, 15) is 8.42 Å². The summed E-state index contributed by atoms with van der Waals surface area (Å²) in [6.45, 7) is 1.68. The van der Waals surface area contributed by atoms with E-state index in [1.165, 1.54) is 11.8 Å². The Labute approximate surface area is 125 Å². The molecular weight excluding hydrogens is 304 g/mol. The molecule has 1 saturated heterocycles. The predicted octanol–water partition coefficient (Wildman–Crippen LogP) is 1.86. The van der Waals surface area contributed by atoms with Crippen LogP contribution >= 0.6 is 24.2 Å². The number of hydrogen-bond donors (Lipinski definition) is 2. The Balaban J connectivity index is 0.00000180. The van der Waals surface area contributed by atoms with Crippen LogP contribution in [0.2, 0.25) is 0 Å². The SMILES string of the molecule is CSc1ccccc1S(=O)(=O)NC1CCCNC1.Cl. The fourth-order valence-corrected chi connectivity index (χ4v) is 4.50. The Kier molecular flexibility index (Phi) is 6.62. The molecule has 1 aliphatic heterocycles. The van der Waals surface area contributed by atoms with Crippen molar-refractivity contribution >= 4 is 34.2 Å². The summed E-state index contributed by atoms with van der Waals surface area (Å²) in [5, 5.41) is 3.21. The number of hydrogen-bond acceptors (Lipinski definition) is 4. The lowest BCUT2D eigenvalue weighted by molar-refractivity contribution is 0.428. The van der Waals surface area contributed by atoms with Crippen molar-refractivity contribution in [3.8, 4) is 0 Å². The minimum atomic E-state index is -3.41. The third kappa shape index (κ3) is 4.36. The van der Waals surface area contributed by atoms with Crippen LogP contribution in [-0.4, -0.2) is 33.8 Å². The molecule has 2 rings (SSSR count). The van der Waals surface area contributed by atoms with Crippen molar-refractivity contribution in [2.45, 2.75) is 28.7 Å². The summed E-state index contributed by atoms with van der Waals surface area (Å²) in [5.74, 6) is 0. The van der Waals surface area contributed by atoms with Gasteiger partial charge in [0.05, 0.1) is 4.90 Å². The first kappa shape index (κ1) is 16.8. The van der Waals surface area contributed by atoms with E-state index in [2.05, 4.69) is 10.0 Å². The third-order valence-corrected chi connectivity index (χ3v) is 5.48. The maximum Gasteiger partial charge on any atom is 0.241 e. The first-order chi connectivity index (χ1) is 8.63. The van der Waals surface area contributed by atoms with E-state index in [1.807, 2.05) is 18.4 Å². The van der Waals surface area contributed by atoms with E-state index in [4.69, 9.17) is 0 Å². The van der Waals surface area contributed by atoms with Crippen LogP contribution in [0.4, 0.5) is 0 Å². The van der Waals surface area contributed by atoms with Crippen LogP contribution in [0.1, 0.15) is 12.8 Å². The van der Waals surface area contributed by atoms with Gasteiger partial charge in [0.1, 0.15) is 0 Å². The number of piperidine rings is 1. The highest BCUT2D eigenvalue weighted by atomic mass is 35.5. The Morgan fingerprint density at radius 1 is 1.37 bits per heavy atom. The number of thioether (sulfide) groups is 1. The molecule has 7 heteroatoms. The summed E-state index contributed by atoms with van der Waals surface area (Å²) in [6.07, 6.45) is 3.79. The second-order valence-corrected chi connectivity index (χ2v) is 6.85. The molecule has 2 N–H and O–H groups in total. The number of nitrogens with one attached hydrogen (secondary N) is 2. The zero-order valence-corrected chi connectivity index (χ0v) is 13.2. The van der Waals surface area contributed by atoms with Crippen LogP contribution in [0.5, 0.6) is 0 Å². The second kappa shape index (κ2) is 7.50. The Morgan fingerprint density at radius 2 is 2.11 bits per heavy atom. The van der Waals surface area contributed by atoms with E-state index >= 15 is 0 Å². The van der Waals surface area contributed by atoms with E-state index in [-0.39, 0.29) is 18.4 Å². The summed E-state index contributed by atoms with van der Waals surface area (Å²) in [7, 11) is -3.41. The lowest BCUT2D eigenvalue weighted by Gasteiger charge is -2.24. The van der Waals surface area contributed by atoms with Gasteiger partial charge in [-0.1, -0.05) is 12.1 Å². The average molecular weight is 323 g/mol.